The smallest absolute Gasteiger partial charge is 0.172 e. The molecule has 2 aromatic carbocycles. The molecule has 2 atom stereocenters. The van der Waals surface area contributed by atoms with E-state index in [0.29, 0.717) is 5.92 Å². The normalized spacial score (nSPS) is 22.8. The van der Waals surface area contributed by atoms with Crippen LogP contribution < -0.4 is 19.5 Å². The minimum absolute atomic E-state index is 0.0350. The fourth-order valence-electron chi connectivity index (χ4n) is 5.81. The second-order valence-electron chi connectivity index (χ2n) is 9.91. The molecule has 2 aliphatic heterocycles. The Morgan fingerprint density at radius 1 is 1.03 bits per heavy atom. The number of methoxy groups -OCH3 is 2. The van der Waals surface area contributed by atoms with Crippen molar-refractivity contribution in [3.8, 4) is 28.4 Å². The number of allylic oxidation sites excluding steroid dienone is 2. The maximum absolute atomic E-state index is 6.82. The highest BCUT2D eigenvalue weighted by Gasteiger charge is 2.39. The molecule has 0 bridgehead atoms. The second kappa shape index (κ2) is 7.61. The molecule has 4 heteroatoms. The zero-order valence-corrected chi connectivity index (χ0v) is 20.0. The van der Waals surface area contributed by atoms with E-state index in [2.05, 4.69) is 57.3 Å². The van der Waals surface area contributed by atoms with Gasteiger partial charge in [-0.25, -0.2) is 0 Å². The largest absolute Gasteiger partial charge is 0.493 e. The molecule has 2 unspecified atom stereocenters. The van der Waals surface area contributed by atoms with Crippen LogP contribution in [-0.4, -0.2) is 19.8 Å². The third-order valence-corrected chi connectivity index (χ3v) is 6.99. The minimum Gasteiger partial charge on any atom is -0.493 e. The van der Waals surface area contributed by atoms with Crippen LogP contribution in [0.15, 0.2) is 42.0 Å². The molecule has 1 N–H and O–H groups in total. The average Bonchev–Trinajstić information content (AvgIpc) is 2.76. The maximum Gasteiger partial charge on any atom is 0.172 e. The van der Waals surface area contributed by atoms with E-state index >= 15 is 0 Å². The molecule has 0 saturated carbocycles. The fourth-order valence-corrected chi connectivity index (χ4v) is 5.81. The zero-order valence-electron chi connectivity index (χ0n) is 20.0. The van der Waals surface area contributed by atoms with E-state index in [9.17, 15) is 0 Å². The molecule has 0 fully saturated rings. The van der Waals surface area contributed by atoms with Gasteiger partial charge < -0.3 is 19.5 Å². The minimum atomic E-state index is -0.0868. The lowest BCUT2D eigenvalue weighted by Crippen LogP contribution is -2.33. The van der Waals surface area contributed by atoms with Gasteiger partial charge in [-0.1, -0.05) is 23.8 Å². The maximum atomic E-state index is 6.82. The third kappa shape index (κ3) is 3.28. The van der Waals surface area contributed by atoms with Crippen LogP contribution in [0.1, 0.15) is 64.2 Å². The number of anilines is 1. The lowest BCUT2D eigenvalue weighted by molar-refractivity contribution is 0.144. The monoisotopic (exact) mass is 431 g/mol. The average molecular weight is 432 g/mol. The van der Waals surface area contributed by atoms with E-state index in [1.54, 1.807) is 14.2 Å². The lowest BCUT2D eigenvalue weighted by Gasteiger charge is -2.40. The van der Waals surface area contributed by atoms with Crippen molar-refractivity contribution < 1.29 is 14.2 Å². The van der Waals surface area contributed by atoms with Gasteiger partial charge in [0.25, 0.3) is 0 Å². The van der Waals surface area contributed by atoms with Crippen LogP contribution in [-0.2, 0) is 0 Å². The van der Waals surface area contributed by atoms with E-state index in [1.165, 1.54) is 46.4 Å². The van der Waals surface area contributed by atoms with Crippen LogP contribution in [0, 0.1) is 5.92 Å². The van der Waals surface area contributed by atoms with Gasteiger partial charge in [0.15, 0.2) is 11.5 Å². The standard InChI is InChI=1S/C28H33NO3/c1-16-8-7-9-18(14-16)26-25-19(10-11-20-23(25)17(2)15-28(3,4)29-20)24-21(32-26)12-13-22(30-5)27(24)31-6/h10-15,18,26,29H,7-9H2,1-6H3. The van der Waals surface area contributed by atoms with E-state index in [-0.39, 0.29) is 11.6 Å². The highest BCUT2D eigenvalue weighted by molar-refractivity contribution is 5.92. The van der Waals surface area contributed by atoms with Crippen LogP contribution in [0.5, 0.6) is 17.2 Å². The number of nitrogens with one attached hydrogen (secondary N) is 1. The Hall–Kier alpha value is -2.88. The summed E-state index contributed by atoms with van der Waals surface area (Å²) >= 11 is 0. The number of ether oxygens (including phenoxy) is 3. The number of rotatable bonds is 3. The van der Waals surface area contributed by atoms with Crippen molar-refractivity contribution in [2.75, 3.05) is 19.5 Å². The predicted octanol–water partition coefficient (Wildman–Crippen LogP) is 7.16. The number of fused-ring (bicyclic) bond motifs is 5. The van der Waals surface area contributed by atoms with Gasteiger partial charge in [-0.2, -0.15) is 0 Å². The van der Waals surface area contributed by atoms with Crippen LogP contribution >= 0.6 is 0 Å². The van der Waals surface area contributed by atoms with Gasteiger partial charge in [-0.05, 0) is 76.3 Å². The Kier molecular flexibility index (Phi) is 4.99. The molecule has 5 rings (SSSR count). The van der Waals surface area contributed by atoms with Gasteiger partial charge in [0, 0.05) is 22.7 Å². The summed E-state index contributed by atoms with van der Waals surface area (Å²) in [6.07, 6.45) is 8.24. The molecule has 4 nitrogen and oxygen atoms in total. The first kappa shape index (κ1) is 21.0. The quantitative estimate of drug-likeness (QED) is 0.524. The molecule has 1 aliphatic carbocycles. The Bertz CT molecular complexity index is 1140. The zero-order chi connectivity index (χ0) is 22.6. The van der Waals surface area contributed by atoms with E-state index in [1.807, 2.05) is 12.1 Å². The lowest BCUT2D eigenvalue weighted by atomic mass is 9.76. The summed E-state index contributed by atoms with van der Waals surface area (Å²) in [7, 11) is 3.38. The van der Waals surface area contributed by atoms with Crippen molar-refractivity contribution in [1.29, 1.82) is 0 Å². The highest BCUT2D eigenvalue weighted by Crippen LogP contribution is 2.56. The molecule has 2 aromatic rings. The molecule has 0 spiro atoms. The SMILES string of the molecule is COc1ccc2c(c1OC)-c1ccc3c(c1C(C1C=C(C)CCC1)O2)C(C)=CC(C)(C)N3. The molecule has 0 amide bonds. The van der Waals surface area contributed by atoms with Crippen LogP contribution in [0.2, 0.25) is 0 Å². The van der Waals surface area contributed by atoms with Gasteiger partial charge in [0.1, 0.15) is 11.9 Å². The van der Waals surface area contributed by atoms with Gasteiger partial charge in [-0.3, -0.25) is 0 Å². The Balaban J connectivity index is 1.80. The first-order valence-corrected chi connectivity index (χ1v) is 11.6. The van der Waals surface area contributed by atoms with Gasteiger partial charge in [0.2, 0.25) is 0 Å². The molecule has 168 valence electrons. The van der Waals surface area contributed by atoms with Crippen molar-refractivity contribution in [1.82, 2.24) is 0 Å². The molecule has 2 heterocycles. The summed E-state index contributed by atoms with van der Waals surface area (Å²) in [5.41, 5.74) is 8.51. The van der Waals surface area contributed by atoms with Crippen molar-refractivity contribution in [3.05, 3.63) is 53.1 Å². The van der Waals surface area contributed by atoms with Crippen LogP contribution in [0.4, 0.5) is 5.69 Å². The summed E-state index contributed by atoms with van der Waals surface area (Å²) in [5.74, 6) is 2.66. The molecule has 0 aromatic heterocycles. The Labute approximate surface area is 191 Å². The van der Waals surface area contributed by atoms with Gasteiger partial charge >= 0.3 is 0 Å². The molecular weight excluding hydrogens is 398 g/mol. The van der Waals surface area contributed by atoms with Crippen molar-refractivity contribution >= 4 is 11.3 Å². The van der Waals surface area contributed by atoms with Gasteiger partial charge in [-0.15, -0.1) is 0 Å². The van der Waals surface area contributed by atoms with Crippen molar-refractivity contribution in [2.24, 2.45) is 5.92 Å². The molecule has 3 aliphatic rings. The first-order chi connectivity index (χ1) is 15.3. The fraction of sp³-hybridized carbons (Fsp3) is 0.429. The summed E-state index contributed by atoms with van der Waals surface area (Å²) < 4.78 is 18.3. The van der Waals surface area contributed by atoms with Crippen molar-refractivity contribution in [3.63, 3.8) is 0 Å². The van der Waals surface area contributed by atoms with E-state index < -0.39 is 0 Å². The van der Waals surface area contributed by atoms with E-state index in [0.717, 1.165) is 29.2 Å². The van der Waals surface area contributed by atoms with Crippen LogP contribution in [0.3, 0.4) is 0 Å². The highest BCUT2D eigenvalue weighted by atomic mass is 16.5. The number of hydrogen-bond acceptors (Lipinski definition) is 4. The summed E-state index contributed by atoms with van der Waals surface area (Å²) in [4.78, 5) is 0. The van der Waals surface area contributed by atoms with E-state index in [4.69, 9.17) is 14.2 Å². The summed E-state index contributed by atoms with van der Waals surface area (Å²) in [6, 6.07) is 8.40. The molecule has 0 saturated heterocycles. The van der Waals surface area contributed by atoms with Crippen LogP contribution in [0.25, 0.3) is 16.7 Å². The molecule has 32 heavy (non-hydrogen) atoms. The number of hydrogen-bond donors (Lipinski definition) is 1. The van der Waals surface area contributed by atoms with Crippen molar-refractivity contribution in [2.45, 2.75) is 58.6 Å². The number of benzene rings is 2. The van der Waals surface area contributed by atoms with Gasteiger partial charge in [0.05, 0.1) is 25.3 Å². The third-order valence-electron chi connectivity index (χ3n) is 6.99. The Morgan fingerprint density at radius 2 is 1.84 bits per heavy atom. The summed E-state index contributed by atoms with van der Waals surface area (Å²) in [6.45, 7) is 8.89. The first-order valence-electron chi connectivity index (χ1n) is 11.6. The predicted molar refractivity (Wildman–Crippen MR) is 131 cm³/mol. The second-order valence-corrected chi connectivity index (χ2v) is 9.91. The Morgan fingerprint density at radius 3 is 2.56 bits per heavy atom. The molecule has 0 radical (unpaired) electrons. The summed E-state index contributed by atoms with van der Waals surface area (Å²) in [5, 5.41) is 3.72. The topological polar surface area (TPSA) is 39.7 Å². The molecular formula is C28H33NO3.